The highest BCUT2D eigenvalue weighted by molar-refractivity contribution is 6.35. The number of allylic oxidation sites excluding steroid dienone is 1. The molecule has 1 fully saturated rings. The fraction of sp³-hybridized carbons (Fsp3) is 0.429. The predicted molar refractivity (Wildman–Crippen MR) is 75.0 cm³/mol. The van der Waals surface area contributed by atoms with Crippen molar-refractivity contribution in [2.45, 2.75) is 19.6 Å². The van der Waals surface area contributed by atoms with Crippen LogP contribution in [0.1, 0.15) is 18.9 Å². The Morgan fingerprint density at radius 2 is 2.06 bits per heavy atom. The van der Waals surface area contributed by atoms with E-state index in [0.29, 0.717) is 29.2 Å². The van der Waals surface area contributed by atoms with E-state index >= 15 is 0 Å². The van der Waals surface area contributed by atoms with Crippen molar-refractivity contribution in [1.82, 2.24) is 0 Å². The Morgan fingerprint density at radius 3 is 2.72 bits per heavy atom. The summed E-state index contributed by atoms with van der Waals surface area (Å²) in [4.78, 5) is 0. The molecular formula is C14H16Cl2O2. The van der Waals surface area contributed by atoms with E-state index in [1.54, 1.807) is 6.07 Å². The minimum absolute atomic E-state index is 0.0738. The van der Waals surface area contributed by atoms with E-state index in [1.165, 1.54) is 0 Å². The summed E-state index contributed by atoms with van der Waals surface area (Å²) < 4.78 is 10.9. The third-order valence-corrected chi connectivity index (χ3v) is 3.44. The number of hydrogen-bond donors (Lipinski definition) is 0. The monoisotopic (exact) mass is 286 g/mol. The lowest BCUT2D eigenvalue weighted by molar-refractivity contribution is -0.0773. The lowest BCUT2D eigenvalue weighted by atomic mass is 10.1. The van der Waals surface area contributed by atoms with Crippen molar-refractivity contribution in [3.63, 3.8) is 0 Å². The largest absolute Gasteiger partial charge is 0.350 e. The van der Waals surface area contributed by atoms with Gasteiger partial charge in [-0.15, -0.1) is 0 Å². The standard InChI is InChI=1S/C14H16Cl2O2/c1-10(14-17-7-8-18-14)3-2-4-11-5-6-12(15)9-13(11)16/h2,4-6,9-10,14H,3,7-8H2,1H3. The van der Waals surface area contributed by atoms with E-state index in [2.05, 4.69) is 13.0 Å². The third-order valence-electron chi connectivity index (χ3n) is 2.88. The van der Waals surface area contributed by atoms with Crippen molar-refractivity contribution in [1.29, 1.82) is 0 Å². The lowest BCUT2D eigenvalue weighted by Gasteiger charge is -2.15. The normalized spacial score (nSPS) is 18.6. The van der Waals surface area contributed by atoms with Crippen molar-refractivity contribution in [2.24, 2.45) is 5.92 Å². The summed E-state index contributed by atoms with van der Waals surface area (Å²) in [5, 5.41) is 1.32. The SMILES string of the molecule is CC(CC=Cc1ccc(Cl)cc1Cl)C1OCCO1. The van der Waals surface area contributed by atoms with Crippen LogP contribution in [-0.2, 0) is 9.47 Å². The number of benzene rings is 1. The summed E-state index contributed by atoms with van der Waals surface area (Å²) in [5.41, 5.74) is 0.974. The average Bonchev–Trinajstić information content (AvgIpc) is 2.85. The van der Waals surface area contributed by atoms with Crippen LogP contribution < -0.4 is 0 Å². The van der Waals surface area contributed by atoms with E-state index < -0.39 is 0 Å². The van der Waals surface area contributed by atoms with Gasteiger partial charge in [0.2, 0.25) is 0 Å². The van der Waals surface area contributed by atoms with Gasteiger partial charge in [0.15, 0.2) is 6.29 Å². The van der Waals surface area contributed by atoms with Gasteiger partial charge in [-0.2, -0.15) is 0 Å². The maximum Gasteiger partial charge on any atom is 0.160 e. The van der Waals surface area contributed by atoms with Crippen LogP contribution in [0.5, 0.6) is 0 Å². The van der Waals surface area contributed by atoms with Gasteiger partial charge in [0.1, 0.15) is 0 Å². The Labute approximate surface area is 117 Å². The van der Waals surface area contributed by atoms with Crippen LogP contribution in [0.25, 0.3) is 6.08 Å². The Hall–Kier alpha value is -0.540. The lowest BCUT2D eigenvalue weighted by Crippen LogP contribution is -2.17. The van der Waals surface area contributed by atoms with Crippen molar-refractivity contribution in [3.05, 3.63) is 39.9 Å². The van der Waals surface area contributed by atoms with Crippen LogP contribution in [0.3, 0.4) is 0 Å². The molecule has 1 saturated heterocycles. The molecule has 0 bridgehead atoms. The topological polar surface area (TPSA) is 18.5 Å². The number of rotatable bonds is 4. The Kier molecular flexibility index (Phi) is 5.07. The molecular weight excluding hydrogens is 271 g/mol. The maximum atomic E-state index is 6.09. The van der Waals surface area contributed by atoms with Crippen LogP contribution >= 0.6 is 23.2 Å². The molecule has 1 aromatic rings. The molecule has 18 heavy (non-hydrogen) atoms. The Balaban J connectivity index is 1.90. The van der Waals surface area contributed by atoms with E-state index in [9.17, 15) is 0 Å². The van der Waals surface area contributed by atoms with Gasteiger partial charge in [-0.05, 0) is 24.1 Å². The molecule has 0 aromatic heterocycles. The first-order valence-electron chi connectivity index (χ1n) is 6.01. The average molecular weight is 287 g/mol. The van der Waals surface area contributed by atoms with Crippen LogP contribution in [0, 0.1) is 5.92 Å². The second-order valence-corrected chi connectivity index (χ2v) is 5.23. The molecule has 0 spiro atoms. The molecule has 1 atom stereocenters. The van der Waals surface area contributed by atoms with Gasteiger partial charge in [-0.25, -0.2) is 0 Å². The fourth-order valence-corrected chi connectivity index (χ4v) is 2.33. The quantitative estimate of drug-likeness (QED) is 0.816. The number of halogens is 2. The molecule has 1 aromatic carbocycles. The Morgan fingerprint density at radius 1 is 1.33 bits per heavy atom. The first kappa shape index (κ1) is 13.9. The first-order valence-corrected chi connectivity index (χ1v) is 6.77. The van der Waals surface area contributed by atoms with Gasteiger partial charge in [-0.3, -0.25) is 0 Å². The van der Waals surface area contributed by atoms with Gasteiger partial charge >= 0.3 is 0 Å². The smallest absolute Gasteiger partial charge is 0.160 e. The van der Waals surface area contributed by atoms with Crippen molar-refractivity contribution in [3.8, 4) is 0 Å². The van der Waals surface area contributed by atoms with Gasteiger partial charge in [0.05, 0.1) is 13.2 Å². The highest BCUT2D eigenvalue weighted by Crippen LogP contribution is 2.23. The van der Waals surface area contributed by atoms with Crippen LogP contribution in [0.15, 0.2) is 24.3 Å². The molecule has 0 aliphatic carbocycles. The highest BCUT2D eigenvalue weighted by atomic mass is 35.5. The van der Waals surface area contributed by atoms with Gasteiger partial charge in [0, 0.05) is 16.0 Å². The van der Waals surface area contributed by atoms with E-state index in [0.717, 1.165) is 12.0 Å². The zero-order chi connectivity index (χ0) is 13.0. The molecule has 1 aliphatic heterocycles. The summed E-state index contributed by atoms with van der Waals surface area (Å²) in [6, 6.07) is 5.49. The molecule has 2 rings (SSSR count). The molecule has 0 radical (unpaired) electrons. The van der Waals surface area contributed by atoms with Crippen LogP contribution in [-0.4, -0.2) is 19.5 Å². The zero-order valence-corrected chi connectivity index (χ0v) is 11.7. The minimum Gasteiger partial charge on any atom is -0.350 e. The van der Waals surface area contributed by atoms with E-state index in [4.69, 9.17) is 32.7 Å². The summed E-state index contributed by atoms with van der Waals surface area (Å²) in [6.07, 6.45) is 4.91. The van der Waals surface area contributed by atoms with Crippen molar-refractivity contribution in [2.75, 3.05) is 13.2 Å². The predicted octanol–water partition coefficient (Wildman–Crippen LogP) is 4.41. The number of ether oxygens (including phenoxy) is 2. The summed E-state index contributed by atoms with van der Waals surface area (Å²) in [7, 11) is 0. The van der Waals surface area contributed by atoms with Crippen LogP contribution in [0.4, 0.5) is 0 Å². The molecule has 1 unspecified atom stereocenters. The molecule has 0 amide bonds. The fourth-order valence-electron chi connectivity index (χ4n) is 1.86. The summed E-state index contributed by atoms with van der Waals surface area (Å²) in [6.45, 7) is 3.51. The second-order valence-electron chi connectivity index (χ2n) is 4.39. The maximum absolute atomic E-state index is 6.09. The minimum atomic E-state index is -0.0738. The first-order chi connectivity index (χ1) is 8.66. The van der Waals surface area contributed by atoms with E-state index in [-0.39, 0.29) is 6.29 Å². The molecule has 0 saturated carbocycles. The van der Waals surface area contributed by atoms with Crippen LogP contribution in [0.2, 0.25) is 10.0 Å². The summed E-state index contributed by atoms with van der Waals surface area (Å²) >= 11 is 11.9. The zero-order valence-electron chi connectivity index (χ0n) is 10.2. The van der Waals surface area contributed by atoms with Gasteiger partial charge in [0.25, 0.3) is 0 Å². The van der Waals surface area contributed by atoms with E-state index in [1.807, 2.05) is 18.2 Å². The highest BCUT2D eigenvalue weighted by Gasteiger charge is 2.21. The second kappa shape index (κ2) is 6.58. The molecule has 2 nitrogen and oxygen atoms in total. The third kappa shape index (κ3) is 3.72. The molecule has 1 heterocycles. The molecule has 98 valence electrons. The van der Waals surface area contributed by atoms with Crippen molar-refractivity contribution >= 4 is 29.3 Å². The number of hydrogen-bond acceptors (Lipinski definition) is 2. The Bertz CT molecular complexity index is 426. The van der Waals surface area contributed by atoms with Crippen molar-refractivity contribution < 1.29 is 9.47 Å². The molecule has 4 heteroatoms. The molecule has 1 aliphatic rings. The summed E-state index contributed by atoms with van der Waals surface area (Å²) in [5.74, 6) is 0.342. The molecule has 0 N–H and O–H groups in total. The van der Waals surface area contributed by atoms with Gasteiger partial charge < -0.3 is 9.47 Å². The van der Waals surface area contributed by atoms with Gasteiger partial charge in [-0.1, -0.05) is 48.3 Å².